The number of nitrogens with one attached hydrogen (secondary N) is 2. The van der Waals surface area contributed by atoms with Crippen LogP contribution in [0.3, 0.4) is 0 Å². The Balaban J connectivity index is 1.78. The second-order valence-electron chi connectivity index (χ2n) is 5.17. The van der Waals surface area contributed by atoms with Gasteiger partial charge in [0.25, 0.3) is 0 Å². The Morgan fingerprint density at radius 2 is 2.20 bits per heavy atom. The van der Waals surface area contributed by atoms with E-state index in [2.05, 4.69) is 28.7 Å². The average molecular weight is 270 g/mol. The third-order valence-corrected chi connectivity index (χ3v) is 3.69. The molecule has 5 nitrogen and oxygen atoms in total. The van der Waals surface area contributed by atoms with Gasteiger partial charge in [-0.3, -0.25) is 9.48 Å². The first-order chi connectivity index (χ1) is 9.63. The molecule has 1 unspecified atom stereocenters. The van der Waals surface area contributed by atoms with Gasteiger partial charge >= 0.3 is 0 Å². The van der Waals surface area contributed by atoms with Crippen molar-refractivity contribution in [2.24, 2.45) is 7.05 Å². The predicted molar refractivity (Wildman–Crippen MR) is 78.6 cm³/mol. The van der Waals surface area contributed by atoms with Gasteiger partial charge in [0.15, 0.2) is 0 Å². The number of rotatable bonds is 3. The molecular weight excluding hydrogens is 252 g/mol. The van der Waals surface area contributed by atoms with Gasteiger partial charge in [0.1, 0.15) is 0 Å². The van der Waals surface area contributed by atoms with E-state index in [-0.39, 0.29) is 11.9 Å². The number of hydrogen-bond acceptors (Lipinski definition) is 3. The molecule has 2 N–H and O–H groups in total. The van der Waals surface area contributed by atoms with Crippen LogP contribution in [0.4, 0.5) is 11.4 Å². The monoisotopic (exact) mass is 270 g/mol. The number of amides is 1. The van der Waals surface area contributed by atoms with Gasteiger partial charge in [-0.1, -0.05) is 0 Å². The lowest BCUT2D eigenvalue weighted by Gasteiger charge is -2.20. The molecule has 3 rings (SSSR count). The predicted octanol–water partition coefficient (Wildman–Crippen LogP) is 2.48. The maximum Gasteiger partial charge on any atom is 0.224 e. The molecule has 20 heavy (non-hydrogen) atoms. The van der Waals surface area contributed by atoms with Gasteiger partial charge in [0, 0.05) is 31.0 Å². The van der Waals surface area contributed by atoms with Crippen molar-refractivity contribution in [2.45, 2.75) is 25.8 Å². The molecule has 2 heterocycles. The van der Waals surface area contributed by atoms with E-state index in [1.165, 1.54) is 5.56 Å². The number of carbonyl (C=O) groups excluding carboxylic acids is 1. The fourth-order valence-corrected chi connectivity index (χ4v) is 2.61. The molecule has 0 fully saturated rings. The van der Waals surface area contributed by atoms with Crippen LogP contribution in [0, 0.1) is 0 Å². The van der Waals surface area contributed by atoms with Crippen LogP contribution in [0.5, 0.6) is 0 Å². The van der Waals surface area contributed by atoms with Gasteiger partial charge in [-0.15, -0.1) is 0 Å². The second kappa shape index (κ2) is 5.00. The van der Waals surface area contributed by atoms with Crippen LogP contribution in [0.1, 0.15) is 30.6 Å². The van der Waals surface area contributed by atoms with E-state index in [0.717, 1.165) is 23.5 Å². The number of hydrogen-bond donors (Lipinski definition) is 2. The summed E-state index contributed by atoms with van der Waals surface area (Å²) in [5, 5.41) is 10.6. The summed E-state index contributed by atoms with van der Waals surface area (Å²) >= 11 is 0. The summed E-state index contributed by atoms with van der Waals surface area (Å²) in [7, 11) is 1.94. The lowest BCUT2D eigenvalue weighted by molar-refractivity contribution is -0.116. The zero-order valence-corrected chi connectivity index (χ0v) is 11.7. The van der Waals surface area contributed by atoms with Crippen molar-refractivity contribution >= 4 is 17.3 Å². The molecule has 1 aliphatic heterocycles. The van der Waals surface area contributed by atoms with E-state index in [4.69, 9.17) is 0 Å². The molecule has 1 aromatic heterocycles. The van der Waals surface area contributed by atoms with E-state index in [1.807, 2.05) is 29.9 Å². The van der Waals surface area contributed by atoms with Crippen LogP contribution >= 0.6 is 0 Å². The third-order valence-electron chi connectivity index (χ3n) is 3.69. The zero-order valence-electron chi connectivity index (χ0n) is 11.7. The molecule has 1 aromatic carbocycles. The molecule has 0 spiro atoms. The maximum absolute atomic E-state index is 11.3. The van der Waals surface area contributed by atoms with Crippen LogP contribution in [0.25, 0.3) is 0 Å². The fraction of sp³-hybridized carbons (Fsp3) is 0.333. The van der Waals surface area contributed by atoms with Gasteiger partial charge in [0.2, 0.25) is 5.91 Å². The summed E-state index contributed by atoms with van der Waals surface area (Å²) < 4.78 is 1.87. The van der Waals surface area contributed by atoms with Crippen molar-refractivity contribution in [3.63, 3.8) is 0 Å². The van der Waals surface area contributed by atoms with E-state index in [1.54, 1.807) is 6.20 Å². The van der Waals surface area contributed by atoms with Crippen LogP contribution in [0.2, 0.25) is 0 Å². The lowest BCUT2D eigenvalue weighted by Crippen LogP contribution is -2.19. The minimum absolute atomic E-state index is 0.0986. The molecule has 0 bridgehead atoms. The normalized spacial score (nSPS) is 15.4. The second-order valence-corrected chi connectivity index (χ2v) is 5.17. The number of benzene rings is 1. The van der Waals surface area contributed by atoms with E-state index < -0.39 is 0 Å². The molecule has 1 amide bonds. The molecular formula is C15H18N4O. The largest absolute Gasteiger partial charge is 0.377 e. The lowest BCUT2D eigenvalue weighted by atomic mass is 10.0. The van der Waals surface area contributed by atoms with Gasteiger partial charge in [0.05, 0.1) is 11.7 Å². The first kappa shape index (κ1) is 12.7. The van der Waals surface area contributed by atoms with Crippen molar-refractivity contribution in [1.29, 1.82) is 0 Å². The molecule has 0 aliphatic carbocycles. The highest BCUT2D eigenvalue weighted by Crippen LogP contribution is 2.27. The van der Waals surface area contributed by atoms with Crippen molar-refractivity contribution in [3.8, 4) is 0 Å². The SMILES string of the molecule is CC(Nc1ccc2c(c1)CCC(=O)N2)c1ccnn1C. The molecule has 0 saturated carbocycles. The number of carbonyl (C=O) groups is 1. The van der Waals surface area contributed by atoms with Crippen LogP contribution in [0.15, 0.2) is 30.5 Å². The molecule has 5 heteroatoms. The van der Waals surface area contributed by atoms with Crippen molar-refractivity contribution in [3.05, 3.63) is 41.7 Å². The molecule has 0 saturated heterocycles. The Bertz CT molecular complexity index is 647. The van der Waals surface area contributed by atoms with E-state index in [9.17, 15) is 4.79 Å². The zero-order chi connectivity index (χ0) is 14.1. The van der Waals surface area contributed by atoms with Crippen molar-refractivity contribution in [2.75, 3.05) is 10.6 Å². The Hall–Kier alpha value is -2.30. The van der Waals surface area contributed by atoms with Gasteiger partial charge < -0.3 is 10.6 Å². The Kier molecular flexibility index (Phi) is 3.18. The Morgan fingerprint density at radius 3 is 2.95 bits per heavy atom. The van der Waals surface area contributed by atoms with E-state index in [0.29, 0.717) is 6.42 Å². The molecule has 0 radical (unpaired) electrons. The van der Waals surface area contributed by atoms with Crippen LogP contribution in [-0.2, 0) is 18.3 Å². The minimum Gasteiger partial charge on any atom is -0.377 e. The number of anilines is 2. The smallest absolute Gasteiger partial charge is 0.224 e. The highest BCUT2D eigenvalue weighted by Gasteiger charge is 2.15. The number of nitrogens with zero attached hydrogens (tertiary/aromatic N) is 2. The van der Waals surface area contributed by atoms with Gasteiger partial charge in [-0.25, -0.2) is 0 Å². The summed E-state index contributed by atoms with van der Waals surface area (Å²) in [6.45, 7) is 2.11. The van der Waals surface area contributed by atoms with E-state index >= 15 is 0 Å². The first-order valence-corrected chi connectivity index (χ1v) is 6.80. The summed E-state index contributed by atoms with van der Waals surface area (Å²) in [5.41, 5.74) is 4.32. The highest BCUT2D eigenvalue weighted by atomic mass is 16.1. The van der Waals surface area contributed by atoms with Crippen molar-refractivity contribution < 1.29 is 4.79 Å². The maximum atomic E-state index is 11.3. The third kappa shape index (κ3) is 2.39. The summed E-state index contributed by atoms with van der Waals surface area (Å²) in [6, 6.07) is 8.26. The van der Waals surface area contributed by atoms with Gasteiger partial charge in [-0.05, 0) is 43.2 Å². The fourth-order valence-electron chi connectivity index (χ4n) is 2.61. The average Bonchev–Trinajstić information content (AvgIpc) is 2.85. The Labute approximate surface area is 118 Å². The first-order valence-electron chi connectivity index (χ1n) is 6.80. The summed E-state index contributed by atoms with van der Waals surface area (Å²) in [5.74, 6) is 0.0986. The van der Waals surface area contributed by atoms with Crippen LogP contribution < -0.4 is 10.6 Å². The molecule has 104 valence electrons. The number of aryl methyl sites for hydroxylation is 2. The Morgan fingerprint density at radius 1 is 1.35 bits per heavy atom. The number of aromatic nitrogens is 2. The quantitative estimate of drug-likeness (QED) is 0.900. The minimum atomic E-state index is 0.0986. The number of fused-ring (bicyclic) bond motifs is 1. The topological polar surface area (TPSA) is 59.0 Å². The molecule has 2 aromatic rings. The standard InChI is InChI=1S/C15H18N4O/c1-10(14-7-8-16-19(14)2)17-12-4-5-13-11(9-12)3-6-15(20)18-13/h4-5,7-10,17H,3,6H2,1-2H3,(H,18,20). The van der Waals surface area contributed by atoms with Crippen molar-refractivity contribution in [1.82, 2.24) is 9.78 Å². The summed E-state index contributed by atoms with van der Waals surface area (Å²) in [6.07, 6.45) is 3.17. The van der Waals surface area contributed by atoms with Crippen LogP contribution in [-0.4, -0.2) is 15.7 Å². The summed E-state index contributed by atoms with van der Waals surface area (Å²) in [4.78, 5) is 11.3. The highest BCUT2D eigenvalue weighted by molar-refractivity contribution is 5.94. The molecule has 1 aliphatic rings. The molecule has 1 atom stereocenters. The van der Waals surface area contributed by atoms with Gasteiger partial charge in [-0.2, -0.15) is 5.10 Å².